The Bertz CT molecular complexity index is 427. The molecular weight excluding hydrogens is 246 g/mol. The van der Waals surface area contributed by atoms with Crippen molar-refractivity contribution in [2.75, 3.05) is 6.54 Å². The SMILES string of the molecule is Cc1nn(C)c(Cl)c1CN1CC(C)CC(C)C1C. The van der Waals surface area contributed by atoms with E-state index in [-0.39, 0.29) is 0 Å². The molecule has 2 heterocycles. The molecule has 18 heavy (non-hydrogen) atoms. The highest BCUT2D eigenvalue weighted by molar-refractivity contribution is 6.30. The van der Waals surface area contributed by atoms with E-state index in [1.807, 2.05) is 14.0 Å². The van der Waals surface area contributed by atoms with Gasteiger partial charge in [-0.2, -0.15) is 5.10 Å². The van der Waals surface area contributed by atoms with Crippen LogP contribution >= 0.6 is 11.6 Å². The molecule has 1 aliphatic rings. The lowest BCUT2D eigenvalue weighted by Crippen LogP contribution is -2.45. The number of piperidine rings is 1. The lowest BCUT2D eigenvalue weighted by Gasteiger charge is -2.41. The number of rotatable bonds is 2. The van der Waals surface area contributed by atoms with E-state index in [2.05, 4.69) is 30.8 Å². The molecule has 1 aromatic heterocycles. The summed E-state index contributed by atoms with van der Waals surface area (Å²) in [5.41, 5.74) is 2.24. The van der Waals surface area contributed by atoms with Crippen LogP contribution in [0.2, 0.25) is 5.15 Å². The van der Waals surface area contributed by atoms with Crippen LogP contribution in [0.3, 0.4) is 0 Å². The summed E-state index contributed by atoms with van der Waals surface area (Å²) in [6, 6.07) is 0.622. The Kier molecular flexibility index (Phi) is 4.02. The fourth-order valence-electron chi connectivity index (χ4n) is 3.10. The maximum atomic E-state index is 6.33. The average Bonchev–Trinajstić information content (AvgIpc) is 2.52. The predicted octanol–water partition coefficient (Wildman–Crippen LogP) is 3.25. The van der Waals surface area contributed by atoms with Gasteiger partial charge in [0.1, 0.15) is 5.15 Å². The zero-order valence-electron chi connectivity index (χ0n) is 12.1. The van der Waals surface area contributed by atoms with Gasteiger partial charge in [-0.05, 0) is 32.1 Å². The molecule has 0 radical (unpaired) electrons. The van der Waals surface area contributed by atoms with Crippen LogP contribution < -0.4 is 0 Å². The Labute approximate surface area is 115 Å². The van der Waals surface area contributed by atoms with Crippen LogP contribution in [0.1, 0.15) is 38.4 Å². The van der Waals surface area contributed by atoms with Crippen LogP contribution in [0.25, 0.3) is 0 Å². The van der Waals surface area contributed by atoms with Crippen LogP contribution in [-0.2, 0) is 13.6 Å². The summed E-state index contributed by atoms with van der Waals surface area (Å²) in [7, 11) is 1.91. The molecule has 3 nitrogen and oxygen atoms in total. The Hall–Kier alpha value is -0.540. The van der Waals surface area contributed by atoms with Gasteiger partial charge in [0, 0.05) is 31.7 Å². The third-order valence-corrected chi connectivity index (χ3v) is 4.82. The van der Waals surface area contributed by atoms with Gasteiger partial charge in [0.2, 0.25) is 0 Å². The van der Waals surface area contributed by atoms with E-state index < -0.39 is 0 Å². The first kappa shape index (κ1) is 13.9. The summed E-state index contributed by atoms with van der Waals surface area (Å²) in [6.45, 7) is 11.2. The van der Waals surface area contributed by atoms with E-state index in [1.165, 1.54) is 12.0 Å². The van der Waals surface area contributed by atoms with Crippen LogP contribution in [0.15, 0.2) is 0 Å². The Morgan fingerprint density at radius 1 is 1.33 bits per heavy atom. The molecule has 3 unspecified atom stereocenters. The predicted molar refractivity (Wildman–Crippen MR) is 75.8 cm³/mol. The number of aromatic nitrogens is 2. The summed E-state index contributed by atoms with van der Waals surface area (Å²) in [6.07, 6.45) is 1.33. The summed E-state index contributed by atoms with van der Waals surface area (Å²) in [5, 5.41) is 5.18. The molecule has 1 aromatic rings. The quantitative estimate of drug-likeness (QED) is 0.822. The van der Waals surface area contributed by atoms with Crippen molar-refractivity contribution >= 4 is 11.6 Å². The molecule has 1 saturated heterocycles. The van der Waals surface area contributed by atoms with Gasteiger partial charge in [-0.25, -0.2) is 0 Å². The molecule has 102 valence electrons. The van der Waals surface area contributed by atoms with E-state index in [9.17, 15) is 0 Å². The number of hydrogen-bond acceptors (Lipinski definition) is 2. The van der Waals surface area contributed by atoms with E-state index in [0.29, 0.717) is 6.04 Å². The van der Waals surface area contributed by atoms with Crippen molar-refractivity contribution < 1.29 is 0 Å². The first-order valence-corrected chi connectivity index (χ1v) is 7.20. The first-order chi connectivity index (χ1) is 8.40. The average molecular weight is 270 g/mol. The minimum Gasteiger partial charge on any atom is -0.296 e. The van der Waals surface area contributed by atoms with Gasteiger partial charge in [-0.3, -0.25) is 9.58 Å². The second-order valence-electron chi connectivity index (χ2n) is 5.97. The van der Waals surface area contributed by atoms with Crippen LogP contribution in [0.4, 0.5) is 0 Å². The van der Waals surface area contributed by atoms with E-state index in [4.69, 9.17) is 11.6 Å². The van der Waals surface area contributed by atoms with Gasteiger partial charge in [0.05, 0.1) is 5.69 Å². The van der Waals surface area contributed by atoms with Crippen LogP contribution in [-0.4, -0.2) is 27.3 Å². The fourth-order valence-corrected chi connectivity index (χ4v) is 3.33. The van der Waals surface area contributed by atoms with Gasteiger partial charge in [0.25, 0.3) is 0 Å². The zero-order valence-corrected chi connectivity index (χ0v) is 12.8. The summed E-state index contributed by atoms with van der Waals surface area (Å²) < 4.78 is 1.77. The van der Waals surface area contributed by atoms with Crippen molar-refractivity contribution in [3.8, 4) is 0 Å². The van der Waals surface area contributed by atoms with Crippen LogP contribution in [0, 0.1) is 18.8 Å². The molecule has 4 heteroatoms. The summed E-state index contributed by atoms with van der Waals surface area (Å²) in [4.78, 5) is 2.55. The molecule has 0 saturated carbocycles. The topological polar surface area (TPSA) is 21.1 Å². The Morgan fingerprint density at radius 3 is 2.56 bits per heavy atom. The van der Waals surface area contributed by atoms with Crippen LogP contribution in [0.5, 0.6) is 0 Å². The van der Waals surface area contributed by atoms with Crippen molar-refractivity contribution in [3.05, 3.63) is 16.4 Å². The number of aryl methyl sites for hydroxylation is 2. The number of halogens is 1. The van der Waals surface area contributed by atoms with Gasteiger partial charge in [-0.1, -0.05) is 25.4 Å². The number of hydrogen-bond donors (Lipinski definition) is 0. The van der Waals surface area contributed by atoms with Gasteiger partial charge < -0.3 is 0 Å². The largest absolute Gasteiger partial charge is 0.296 e. The van der Waals surface area contributed by atoms with Crippen molar-refractivity contribution in [1.29, 1.82) is 0 Å². The highest BCUT2D eigenvalue weighted by Crippen LogP contribution is 2.30. The molecule has 0 amide bonds. The molecule has 1 aliphatic heterocycles. The molecular formula is C14H24ClN3. The molecule has 0 bridgehead atoms. The van der Waals surface area contributed by atoms with Crippen molar-refractivity contribution in [3.63, 3.8) is 0 Å². The minimum atomic E-state index is 0.622. The fraction of sp³-hybridized carbons (Fsp3) is 0.786. The molecule has 3 atom stereocenters. The third kappa shape index (κ3) is 2.57. The number of likely N-dealkylation sites (tertiary alicyclic amines) is 1. The molecule has 1 fully saturated rings. The highest BCUT2D eigenvalue weighted by atomic mass is 35.5. The maximum Gasteiger partial charge on any atom is 0.131 e. The Balaban J connectivity index is 2.17. The van der Waals surface area contributed by atoms with Gasteiger partial charge >= 0.3 is 0 Å². The Morgan fingerprint density at radius 2 is 2.00 bits per heavy atom. The van der Waals surface area contributed by atoms with Crippen molar-refractivity contribution in [2.24, 2.45) is 18.9 Å². The van der Waals surface area contributed by atoms with Crippen molar-refractivity contribution in [1.82, 2.24) is 14.7 Å². The second-order valence-corrected chi connectivity index (χ2v) is 6.32. The summed E-state index contributed by atoms with van der Waals surface area (Å²) in [5.74, 6) is 1.52. The highest BCUT2D eigenvalue weighted by Gasteiger charge is 2.29. The summed E-state index contributed by atoms with van der Waals surface area (Å²) >= 11 is 6.33. The first-order valence-electron chi connectivity index (χ1n) is 6.82. The molecule has 0 aromatic carbocycles. The van der Waals surface area contributed by atoms with E-state index in [1.54, 1.807) is 4.68 Å². The lowest BCUT2D eigenvalue weighted by atomic mass is 9.86. The zero-order chi connectivity index (χ0) is 13.4. The molecule has 0 aliphatic carbocycles. The van der Waals surface area contributed by atoms with E-state index in [0.717, 1.165) is 35.8 Å². The minimum absolute atomic E-state index is 0.622. The van der Waals surface area contributed by atoms with Crippen molar-refractivity contribution in [2.45, 2.75) is 46.7 Å². The van der Waals surface area contributed by atoms with E-state index >= 15 is 0 Å². The molecule has 2 rings (SSSR count). The lowest BCUT2D eigenvalue weighted by molar-refractivity contribution is 0.0728. The van der Waals surface area contributed by atoms with Gasteiger partial charge in [-0.15, -0.1) is 0 Å². The van der Waals surface area contributed by atoms with Gasteiger partial charge in [0.15, 0.2) is 0 Å². The molecule has 0 N–H and O–H groups in total. The standard InChI is InChI=1S/C14H24ClN3/c1-9-6-10(2)12(4)18(7-9)8-13-11(3)16-17(5)14(13)15/h9-10,12H,6-8H2,1-5H3. The monoisotopic (exact) mass is 269 g/mol. The normalized spacial score (nSPS) is 29.8. The third-order valence-electron chi connectivity index (χ3n) is 4.35. The number of nitrogens with zero attached hydrogens (tertiary/aromatic N) is 3. The molecule has 0 spiro atoms. The second kappa shape index (κ2) is 5.22. The maximum absolute atomic E-state index is 6.33. The smallest absolute Gasteiger partial charge is 0.131 e.